The molecule has 0 unspecified atom stereocenters. The predicted octanol–water partition coefficient (Wildman–Crippen LogP) is 0.803. The van der Waals surface area contributed by atoms with Gasteiger partial charge in [0.05, 0.1) is 4.79 Å². The highest BCUT2D eigenvalue weighted by molar-refractivity contribution is 5.31. The van der Waals surface area contributed by atoms with Crippen LogP contribution in [0.15, 0.2) is 30.5 Å². The van der Waals surface area contributed by atoms with Crippen molar-refractivity contribution < 1.29 is 9.85 Å². The van der Waals surface area contributed by atoms with Crippen molar-refractivity contribution in [2.45, 2.75) is 6.92 Å². The fraction of sp³-hybridized carbons (Fsp3) is 0.111. The first kappa shape index (κ1) is 14.0. The van der Waals surface area contributed by atoms with E-state index in [2.05, 4.69) is 10.1 Å². The number of hydrogen-bond donors (Lipinski definition) is 1. The molecule has 2 aromatic heterocycles. The van der Waals surface area contributed by atoms with Crippen molar-refractivity contribution in [1.29, 1.82) is 0 Å². The number of rotatable bonds is 2. The number of nitrogens with zero attached hydrogens (tertiary/aromatic N) is 5. The topological polar surface area (TPSA) is 143 Å². The van der Waals surface area contributed by atoms with Gasteiger partial charge in [-0.1, -0.05) is 6.07 Å². The number of aromatic nitrogens is 3. The standard InChI is InChI=1S/C6H7N.C3H3N5O4/c1-6-4-2-3-5-7-6;4-6-3(8(11)12)1-2(5-6)7(9)10/h2-5H,1H3;1H,4H2. The number of nitro groups is 2. The largest absolute Gasteiger partial charge is 0.423 e. The van der Waals surface area contributed by atoms with Crippen LogP contribution in [0.4, 0.5) is 11.6 Å². The maximum absolute atomic E-state index is 10.1. The summed E-state index contributed by atoms with van der Waals surface area (Å²) in [6, 6.07) is 6.54. The molecule has 0 saturated heterocycles. The van der Waals surface area contributed by atoms with E-state index in [1.165, 1.54) is 0 Å². The van der Waals surface area contributed by atoms with Gasteiger partial charge in [0.2, 0.25) is 0 Å². The van der Waals surface area contributed by atoms with Gasteiger partial charge in [-0.15, -0.1) is 0 Å². The van der Waals surface area contributed by atoms with Crippen molar-refractivity contribution in [1.82, 2.24) is 14.9 Å². The molecule has 10 nitrogen and oxygen atoms in total. The molecule has 0 saturated carbocycles. The van der Waals surface area contributed by atoms with E-state index < -0.39 is 21.5 Å². The van der Waals surface area contributed by atoms with Crippen LogP contribution in [0.3, 0.4) is 0 Å². The molecule has 0 aliphatic heterocycles. The van der Waals surface area contributed by atoms with Crippen LogP contribution in [0, 0.1) is 27.2 Å². The molecule has 2 N–H and O–H groups in total. The lowest BCUT2D eigenvalue weighted by Crippen LogP contribution is -2.13. The fourth-order valence-electron chi connectivity index (χ4n) is 1.05. The van der Waals surface area contributed by atoms with Crippen molar-refractivity contribution >= 4 is 11.6 Å². The van der Waals surface area contributed by atoms with E-state index in [4.69, 9.17) is 5.84 Å². The second kappa shape index (κ2) is 6.05. The average Bonchev–Trinajstić information content (AvgIpc) is 2.73. The SMILES string of the molecule is Cc1ccccn1.Nn1nc([N+](=O)[O-])cc1[N+](=O)[O-]. The van der Waals surface area contributed by atoms with Gasteiger partial charge in [-0.25, -0.2) is 5.84 Å². The third-order valence-corrected chi connectivity index (χ3v) is 1.89. The average molecular weight is 266 g/mol. The Bertz CT molecular complexity index is 582. The predicted molar refractivity (Wildman–Crippen MR) is 64.7 cm³/mol. The van der Waals surface area contributed by atoms with E-state index in [0.717, 1.165) is 5.69 Å². The van der Waals surface area contributed by atoms with Crippen LogP contribution in [0.25, 0.3) is 0 Å². The fourth-order valence-corrected chi connectivity index (χ4v) is 1.05. The van der Waals surface area contributed by atoms with Crippen LogP contribution < -0.4 is 5.84 Å². The molecule has 10 heteroatoms. The molecular formula is C9H10N6O4. The highest BCUT2D eigenvalue weighted by atomic mass is 16.6. The lowest BCUT2D eigenvalue weighted by atomic mass is 10.4. The molecule has 100 valence electrons. The summed E-state index contributed by atoms with van der Waals surface area (Å²) in [4.78, 5) is 22.7. The highest BCUT2D eigenvalue weighted by Gasteiger charge is 2.25. The Hall–Kier alpha value is -3.04. The van der Waals surface area contributed by atoms with Gasteiger partial charge in [-0.05, 0) is 28.9 Å². The van der Waals surface area contributed by atoms with E-state index >= 15 is 0 Å². The molecule has 0 radical (unpaired) electrons. The minimum atomic E-state index is -0.865. The summed E-state index contributed by atoms with van der Waals surface area (Å²) >= 11 is 0. The smallest absolute Gasteiger partial charge is 0.358 e. The Balaban J connectivity index is 0.000000218. The Kier molecular flexibility index (Phi) is 4.46. The molecule has 0 aliphatic carbocycles. The molecule has 2 rings (SSSR count). The lowest BCUT2D eigenvalue weighted by Gasteiger charge is -1.85. The first-order valence-electron chi connectivity index (χ1n) is 4.93. The normalized spacial score (nSPS) is 9.32. The molecule has 2 aromatic rings. The maximum Gasteiger partial charge on any atom is 0.423 e. The number of aryl methyl sites for hydroxylation is 1. The maximum atomic E-state index is 10.1. The van der Waals surface area contributed by atoms with Crippen molar-refractivity contribution in [3.05, 3.63) is 56.4 Å². The Morgan fingerprint density at radius 2 is 1.95 bits per heavy atom. The number of hydrogen-bond acceptors (Lipinski definition) is 7. The van der Waals surface area contributed by atoms with Gasteiger partial charge >= 0.3 is 11.6 Å². The molecule has 0 atom stereocenters. The molecular weight excluding hydrogens is 256 g/mol. The first-order valence-corrected chi connectivity index (χ1v) is 4.93. The van der Waals surface area contributed by atoms with Crippen LogP contribution in [0.2, 0.25) is 0 Å². The van der Waals surface area contributed by atoms with Crippen LogP contribution in [0.5, 0.6) is 0 Å². The zero-order valence-electron chi connectivity index (χ0n) is 9.83. The second-order valence-electron chi connectivity index (χ2n) is 3.29. The summed E-state index contributed by atoms with van der Waals surface area (Å²) in [5.41, 5.74) is 1.07. The first-order chi connectivity index (χ1) is 8.91. The van der Waals surface area contributed by atoms with Crippen molar-refractivity contribution in [3.63, 3.8) is 0 Å². The molecule has 0 fully saturated rings. The summed E-state index contributed by atoms with van der Waals surface area (Å²) in [5.74, 6) is 3.67. The third kappa shape index (κ3) is 4.03. The molecule has 2 heterocycles. The molecule has 0 bridgehead atoms. The monoisotopic (exact) mass is 266 g/mol. The minimum absolute atomic E-state index is 0.345. The van der Waals surface area contributed by atoms with E-state index in [-0.39, 0.29) is 0 Å². The highest BCUT2D eigenvalue weighted by Crippen LogP contribution is 2.15. The van der Waals surface area contributed by atoms with Crippen LogP contribution >= 0.6 is 0 Å². The Morgan fingerprint density at radius 1 is 1.26 bits per heavy atom. The van der Waals surface area contributed by atoms with Crippen LogP contribution in [-0.2, 0) is 0 Å². The van der Waals surface area contributed by atoms with E-state index in [1.54, 1.807) is 6.20 Å². The molecule has 0 spiro atoms. The number of nitrogen functional groups attached to an aromatic ring is 1. The van der Waals surface area contributed by atoms with Crippen LogP contribution in [-0.4, -0.2) is 24.7 Å². The van der Waals surface area contributed by atoms with Gasteiger partial charge in [0.25, 0.3) is 0 Å². The van der Waals surface area contributed by atoms with Crippen LogP contribution in [0.1, 0.15) is 5.69 Å². The van der Waals surface area contributed by atoms with Gasteiger partial charge in [-0.2, -0.15) is 0 Å². The molecule has 0 amide bonds. The van der Waals surface area contributed by atoms with Crippen molar-refractivity contribution in [2.75, 3.05) is 5.84 Å². The summed E-state index contributed by atoms with van der Waals surface area (Å²) in [5, 5.41) is 23.2. The summed E-state index contributed by atoms with van der Waals surface area (Å²) in [6.45, 7) is 1.97. The van der Waals surface area contributed by atoms with Gasteiger partial charge in [0, 0.05) is 11.9 Å². The van der Waals surface area contributed by atoms with Gasteiger partial charge < -0.3 is 20.2 Å². The van der Waals surface area contributed by atoms with Crippen molar-refractivity contribution in [2.24, 2.45) is 0 Å². The minimum Gasteiger partial charge on any atom is -0.358 e. The zero-order chi connectivity index (χ0) is 14.4. The lowest BCUT2D eigenvalue weighted by molar-refractivity contribution is -0.394. The summed E-state index contributed by atoms with van der Waals surface area (Å²) < 4.78 is 0. The molecule has 0 aromatic carbocycles. The second-order valence-corrected chi connectivity index (χ2v) is 3.29. The van der Waals surface area contributed by atoms with E-state index in [9.17, 15) is 20.2 Å². The van der Waals surface area contributed by atoms with E-state index in [1.807, 2.05) is 25.1 Å². The van der Waals surface area contributed by atoms with E-state index in [0.29, 0.717) is 10.9 Å². The molecule has 19 heavy (non-hydrogen) atoms. The summed E-state index contributed by atoms with van der Waals surface area (Å²) in [7, 11) is 0. The van der Waals surface area contributed by atoms with Gasteiger partial charge in [0.1, 0.15) is 6.07 Å². The quantitative estimate of drug-likeness (QED) is 0.481. The number of nitrogens with two attached hydrogens (primary N) is 1. The Morgan fingerprint density at radius 3 is 2.21 bits per heavy atom. The summed E-state index contributed by atoms with van der Waals surface area (Å²) in [6.07, 6.45) is 1.79. The van der Waals surface area contributed by atoms with Gasteiger partial charge in [0.15, 0.2) is 5.10 Å². The van der Waals surface area contributed by atoms with Gasteiger partial charge in [-0.3, -0.25) is 4.98 Å². The zero-order valence-corrected chi connectivity index (χ0v) is 9.83. The molecule has 0 aliphatic rings. The third-order valence-electron chi connectivity index (χ3n) is 1.89. The van der Waals surface area contributed by atoms with Crippen molar-refractivity contribution in [3.8, 4) is 0 Å². The Labute approximate surface area is 106 Å². The number of pyridine rings is 1.